The average molecular weight is 287 g/mol. The van der Waals surface area contributed by atoms with Crippen LogP contribution in [0.15, 0.2) is 48.7 Å². The van der Waals surface area contributed by atoms with Crippen LogP contribution in [0, 0.1) is 5.82 Å². The minimum atomic E-state index is -0.746. The van der Waals surface area contributed by atoms with Crippen molar-refractivity contribution in [2.45, 2.75) is 13.0 Å². The summed E-state index contributed by atoms with van der Waals surface area (Å²) in [7, 11) is 0. The molecule has 1 atom stereocenters. The van der Waals surface area contributed by atoms with Gasteiger partial charge >= 0.3 is 0 Å². The summed E-state index contributed by atoms with van der Waals surface area (Å²) in [5.74, 6) is -1.22. The zero-order valence-corrected chi connectivity index (χ0v) is 11.3. The third-order valence-electron chi connectivity index (χ3n) is 2.75. The highest BCUT2D eigenvalue weighted by molar-refractivity contribution is 6.00. The highest BCUT2D eigenvalue weighted by Gasteiger charge is 2.17. The quantitative estimate of drug-likeness (QED) is 0.903. The van der Waals surface area contributed by atoms with Gasteiger partial charge in [0.05, 0.1) is 0 Å². The van der Waals surface area contributed by atoms with E-state index in [4.69, 9.17) is 0 Å². The zero-order chi connectivity index (χ0) is 15.2. The molecule has 0 unspecified atom stereocenters. The van der Waals surface area contributed by atoms with Crippen molar-refractivity contribution in [1.82, 2.24) is 10.3 Å². The van der Waals surface area contributed by atoms with Gasteiger partial charge in [-0.1, -0.05) is 6.07 Å². The maximum atomic E-state index is 12.8. The number of benzene rings is 1. The number of aromatic nitrogens is 1. The van der Waals surface area contributed by atoms with Gasteiger partial charge in [-0.25, -0.2) is 4.39 Å². The zero-order valence-electron chi connectivity index (χ0n) is 11.3. The van der Waals surface area contributed by atoms with Crippen LogP contribution < -0.4 is 10.6 Å². The van der Waals surface area contributed by atoms with Crippen molar-refractivity contribution in [3.05, 3.63) is 60.2 Å². The molecular weight excluding hydrogens is 273 g/mol. The Morgan fingerprint density at radius 3 is 2.48 bits per heavy atom. The minimum absolute atomic E-state index is 0.235. The van der Waals surface area contributed by atoms with Gasteiger partial charge < -0.3 is 10.6 Å². The van der Waals surface area contributed by atoms with E-state index in [1.165, 1.54) is 30.5 Å². The maximum Gasteiger partial charge on any atom is 0.270 e. The summed E-state index contributed by atoms with van der Waals surface area (Å²) in [6, 6.07) is 9.57. The van der Waals surface area contributed by atoms with Crippen LogP contribution in [-0.4, -0.2) is 22.8 Å². The van der Waals surface area contributed by atoms with Crippen LogP contribution in [0.1, 0.15) is 17.4 Å². The third-order valence-corrected chi connectivity index (χ3v) is 2.75. The van der Waals surface area contributed by atoms with Gasteiger partial charge in [-0.15, -0.1) is 0 Å². The Balaban J connectivity index is 1.93. The number of rotatable bonds is 4. The van der Waals surface area contributed by atoms with Gasteiger partial charge in [0.25, 0.3) is 5.91 Å². The first-order chi connectivity index (χ1) is 10.1. The number of pyridine rings is 1. The van der Waals surface area contributed by atoms with Crippen LogP contribution >= 0.6 is 0 Å². The summed E-state index contributed by atoms with van der Waals surface area (Å²) in [6.07, 6.45) is 1.50. The Morgan fingerprint density at radius 2 is 1.86 bits per heavy atom. The molecule has 2 N–H and O–H groups in total. The van der Waals surface area contributed by atoms with Crippen LogP contribution in [0.4, 0.5) is 10.1 Å². The van der Waals surface area contributed by atoms with E-state index in [0.29, 0.717) is 5.69 Å². The molecule has 108 valence electrons. The van der Waals surface area contributed by atoms with E-state index in [1.807, 2.05) is 0 Å². The summed E-state index contributed by atoms with van der Waals surface area (Å²) in [5, 5.41) is 5.13. The normalized spacial score (nSPS) is 11.5. The predicted molar refractivity (Wildman–Crippen MR) is 76.2 cm³/mol. The number of nitrogens with one attached hydrogen (secondary N) is 2. The Labute approximate surface area is 121 Å². The molecule has 0 radical (unpaired) electrons. The molecular formula is C15H14FN3O2. The van der Waals surface area contributed by atoms with E-state index < -0.39 is 17.9 Å². The molecule has 0 saturated carbocycles. The first-order valence-corrected chi connectivity index (χ1v) is 6.34. The molecule has 0 aliphatic rings. The third kappa shape index (κ3) is 4.10. The number of carbonyl (C=O) groups is 2. The first kappa shape index (κ1) is 14.6. The first-order valence-electron chi connectivity index (χ1n) is 6.34. The lowest BCUT2D eigenvalue weighted by molar-refractivity contribution is -0.117. The van der Waals surface area contributed by atoms with Crippen molar-refractivity contribution < 1.29 is 14.0 Å². The molecule has 6 heteroatoms. The molecule has 0 bridgehead atoms. The molecule has 5 nitrogen and oxygen atoms in total. The number of hydrogen-bond donors (Lipinski definition) is 2. The van der Waals surface area contributed by atoms with Crippen molar-refractivity contribution >= 4 is 17.5 Å². The number of halogens is 1. The van der Waals surface area contributed by atoms with Gasteiger partial charge in [0.15, 0.2) is 0 Å². The molecule has 2 aromatic rings. The van der Waals surface area contributed by atoms with Gasteiger partial charge in [0.2, 0.25) is 5.91 Å². The summed E-state index contributed by atoms with van der Waals surface area (Å²) < 4.78 is 12.8. The topological polar surface area (TPSA) is 71.1 Å². The van der Waals surface area contributed by atoms with Crippen LogP contribution in [0.3, 0.4) is 0 Å². The van der Waals surface area contributed by atoms with Crippen LogP contribution in [0.5, 0.6) is 0 Å². The minimum Gasteiger partial charge on any atom is -0.339 e. The average Bonchev–Trinajstić information content (AvgIpc) is 2.50. The van der Waals surface area contributed by atoms with Gasteiger partial charge in [0.1, 0.15) is 17.6 Å². The van der Waals surface area contributed by atoms with Gasteiger partial charge in [0, 0.05) is 11.9 Å². The predicted octanol–water partition coefficient (Wildman–Crippen LogP) is 1.98. The molecule has 1 aromatic heterocycles. The van der Waals surface area contributed by atoms with E-state index in [9.17, 15) is 14.0 Å². The summed E-state index contributed by atoms with van der Waals surface area (Å²) in [6.45, 7) is 1.56. The lowest BCUT2D eigenvalue weighted by Crippen LogP contribution is -2.41. The fourth-order valence-electron chi connectivity index (χ4n) is 1.62. The smallest absolute Gasteiger partial charge is 0.270 e. The van der Waals surface area contributed by atoms with Crippen molar-refractivity contribution in [3.8, 4) is 0 Å². The maximum absolute atomic E-state index is 12.8. The van der Waals surface area contributed by atoms with Crippen LogP contribution in [0.2, 0.25) is 0 Å². The summed E-state index contributed by atoms with van der Waals surface area (Å²) in [5.41, 5.74) is 0.694. The second kappa shape index (κ2) is 6.60. The fourth-order valence-corrected chi connectivity index (χ4v) is 1.62. The van der Waals surface area contributed by atoms with Crippen molar-refractivity contribution in [2.24, 2.45) is 0 Å². The standard InChI is InChI=1S/C15H14FN3O2/c1-10(18-15(21)13-4-2-3-9-17-13)14(20)19-12-7-5-11(16)6-8-12/h2-10H,1H3,(H,18,21)(H,19,20)/t10-/m1/s1. The van der Waals surface area contributed by atoms with Crippen LogP contribution in [0.25, 0.3) is 0 Å². The molecule has 0 spiro atoms. The molecule has 1 aromatic carbocycles. The van der Waals surface area contributed by atoms with E-state index >= 15 is 0 Å². The number of hydrogen-bond acceptors (Lipinski definition) is 3. The molecule has 0 aliphatic heterocycles. The lowest BCUT2D eigenvalue weighted by Gasteiger charge is -2.13. The van der Waals surface area contributed by atoms with E-state index in [-0.39, 0.29) is 11.5 Å². The Kier molecular flexibility index (Phi) is 4.61. The van der Waals surface area contributed by atoms with Crippen molar-refractivity contribution in [1.29, 1.82) is 0 Å². The summed E-state index contributed by atoms with van der Waals surface area (Å²) in [4.78, 5) is 27.7. The molecule has 0 fully saturated rings. The van der Waals surface area contributed by atoms with E-state index in [0.717, 1.165) is 0 Å². The molecule has 2 amide bonds. The molecule has 21 heavy (non-hydrogen) atoms. The highest BCUT2D eigenvalue weighted by atomic mass is 19.1. The number of anilines is 1. The highest BCUT2D eigenvalue weighted by Crippen LogP contribution is 2.08. The molecule has 0 aliphatic carbocycles. The van der Waals surface area contributed by atoms with Crippen LogP contribution in [-0.2, 0) is 4.79 Å². The lowest BCUT2D eigenvalue weighted by atomic mass is 10.2. The Bertz CT molecular complexity index is 629. The van der Waals surface area contributed by atoms with Gasteiger partial charge in [-0.2, -0.15) is 0 Å². The van der Waals surface area contributed by atoms with Crippen molar-refractivity contribution in [2.75, 3.05) is 5.32 Å². The van der Waals surface area contributed by atoms with E-state index in [2.05, 4.69) is 15.6 Å². The monoisotopic (exact) mass is 287 g/mol. The van der Waals surface area contributed by atoms with Crippen molar-refractivity contribution in [3.63, 3.8) is 0 Å². The Hall–Kier alpha value is -2.76. The fraction of sp³-hybridized carbons (Fsp3) is 0.133. The molecule has 2 rings (SSSR count). The van der Waals surface area contributed by atoms with E-state index in [1.54, 1.807) is 25.1 Å². The molecule has 1 heterocycles. The summed E-state index contributed by atoms with van der Waals surface area (Å²) >= 11 is 0. The second-order valence-corrected chi connectivity index (χ2v) is 4.41. The number of nitrogens with zero attached hydrogens (tertiary/aromatic N) is 1. The Morgan fingerprint density at radius 1 is 1.14 bits per heavy atom. The number of amides is 2. The SMILES string of the molecule is C[C@@H](NC(=O)c1ccccn1)C(=O)Nc1ccc(F)cc1. The van der Waals surface area contributed by atoms with Gasteiger partial charge in [-0.3, -0.25) is 14.6 Å². The largest absolute Gasteiger partial charge is 0.339 e. The van der Waals surface area contributed by atoms with Gasteiger partial charge in [-0.05, 0) is 43.3 Å². The number of carbonyl (C=O) groups excluding carboxylic acids is 2. The second-order valence-electron chi connectivity index (χ2n) is 4.41. The molecule has 0 saturated heterocycles.